The standard InChI is InChI=1S/C59H78N10O9/c1-4-42-33-51-52(65-56(42)71)31-41(35-63-51)39-67-23-25-68(26-24-67)48-17-19-50(64-37-48)58(73)61-20-27-76-29-30-77-28-21-62-59(74)55(43-11-7-6-8-12-43)66-57(72)45-14-9-13-44(32-45)47-15-10-22-69(40-47)54(70)38-60-36-46-16-18-49(75-3)34-53(46)78-5-2/h9,13-14,16-19,31-35,37,43,47,55,60H,4-8,10-12,15,20-30,36,38-40H2,1-3H3,(H,61,73)(H,62,74)(H,65,71)(H,66,72)/t47?,55-/m1/s1. The van der Waals surface area contributed by atoms with Crippen LogP contribution in [-0.2, 0) is 38.6 Å². The third kappa shape index (κ3) is 16.1. The van der Waals surface area contributed by atoms with Crippen molar-refractivity contribution in [3.8, 4) is 11.5 Å². The largest absolute Gasteiger partial charge is 0.497 e. The van der Waals surface area contributed by atoms with Crippen molar-refractivity contribution in [1.82, 2.24) is 46.0 Å². The molecule has 2 atom stereocenters. The predicted octanol–water partition coefficient (Wildman–Crippen LogP) is 5.36. The Kier molecular flexibility index (Phi) is 21.4. The molecule has 418 valence electrons. The Morgan fingerprint density at radius 2 is 1.58 bits per heavy atom. The summed E-state index contributed by atoms with van der Waals surface area (Å²) in [7, 11) is 1.62. The topological polar surface area (TPSA) is 222 Å². The van der Waals surface area contributed by atoms with Gasteiger partial charge < -0.3 is 55.0 Å². The molecule has 3 fully saturated rings. The first-order chi connectivity index (χ1) is 38.1. The Balaban J connectivity index is 0.699. The number of aryl methyl sites for hydroxylation is 1. The average molecular weight is 1070 g/mol. The second-order valence-electron chi connectivity index (χ2n) is 20.4. The number of likely N-dealkylation sites (tertiary alicyclic amines) is 1. The number of rotatable bonds is 26. The number of nitrogens with zero attached hydrogens (tertiary/aromatic N) is 5. The van der Waals surface area contributed by atoms with E-state index in [2.05, 4.69) is 46.0 Å². The number of pyridine rings is 3. The maximum Gasteiger partial charge on any atom is 0.269 e. The highest BCUT2D eigenvalue weighted by atomic mass is 16.5. The normalized spacial score (nSPS) is 16.6. The fourth-order valence-electron chi connectivity index (χ4n) is 10.7. The lowest BCUT2D eigenvalue weighted by molar-refractivity contribution is -0.131. The SMILES string of the molecule is CCOc1cc(OC)ccc1CNCC(=O)N1CCCC(c2cccc(C(=O)N[C@@H](C(=O)NCCOCCOCCNC(=O)c3ccc(N4CCN(Cc5cnc6cc(CC)c(=O)[nH]c6c5)CC4)cn3)C3CCCCC3)c2)C1. The molecule has 2 aliphatic heterocycles. The van der Waals surface area contributed by atoms with Crippen LogP contribution in [0.4, 0.5) is 5.69 Å². The van der Waals surface area contributed by atoms with Gasteiger partial charge in [0, 0.05) is 100 Å². The fraction of sp³-hybridized carbons (Fsp3) is 0.508. The van der Waals surface area contributed by atoms with Gasteiger partial charge in [0.15, 0.2) is 0 Å². The van der Waals surface area contributed by atoms with Gasteiger partial charge >= 0.3 is 0 Å². The number of piperidine rings is 1. The summed E-state index contributed by atoms with van der Waals surface area (Å²) in [6.07, 6.45) is 10.9. The molecular weight excluding hydrogens is 993 g/mol. The Hall–Kier alpha value is -6.93. The minimum absolute atomic E-state index is 0.0261. The monoisotopic (exact) mass is 1070 g/mol. The van der Waals surface area contributed by atoms with Crippen LogP contribution in [0.3, 0.4) is 0 Å². The Morgan fingerprint density at radius 3 is 2.32 bits per heavy atom. The van der Waals surface area contributed by atoms with Crippen molar-refractivity contribution in [2.75, 3.05) is 104 Å². The number of hydrogen-bond acceptors (Lipinski definition) is 14. The molecule has 5 N–H and O–H groups in total. The lowest BCUT2D eigenvalue weighted by atomic mass is 9.83. The van der Waals surface area contributed by atoms with Crippen LogP contribution in [-0.4, -0.2) is 153 Å². The molecule has 8 rings (SSSR count). The van der Waals surface area contributed by atoms with Crippen LogP contribution < -0.4 is 41.2 Å². The molecule has 1 saturated carbocycles. The summed E-state index contributed by atoms with van der Waals surface area (Å²) in [4.78, 5) is 84.7. The van der Waals surface area contributed by atoms with Crippen molar-refractivity contribution in [2.24, 2.45) is 5.92 Å². The number of ether oxygens (including phenoxy) is 4. The molecule has 0 radical (unpaired) electrons. The van der Waals surface area contributed by atoms with Gasteiger partial charge in [0.05, 0.1) is 69.6 Å². The summed E-state index contributed by atoms with van der Waals surface area (Å²) in [5.74, 6) is 0.785. The number of carbonyl (C=O) groups excluding carboxylic acids is 4. The van der Waals surface area contributed by atoms with Crippen molar-refractivity contribution < 1.29 is 38.1 Å². The summed E-state index contributed by atoms with van der Waals surface area (Å²) in [5, 5.41) is 12.2. The highest BCUT2D eigenvalue weighted by Gasteiger charge is 2.32. The molecule has 4 amide bonds. The molecule has 19 nitrogen and oxygen atoms in total. The smallest absolute Gasteiger partial charge is 0.269 e. The number of H-pyrrole nitrogens is 1. The van der Waals surface area contributed by atoms with E-state index in [4.69, 9.17) is 18.9 Å². The highest BCUT2D eigenvalue weighted by Crippen LogP contribution is 2.30. The van der Waals surface area contributed by atoms with Crippen molar-refractivity contribution in [1.29, 1.82) is 0 Å². The maximum absolute atomic E-state index is 13.9. The van der Waals surface area contributed by atoms with Crippen LogP contribution >= 0.6 is 0 Å². The number of nitrogens with one attached hydrogen (secondary N) is 5. The number of hydrogen-bond donors (Lipinski definition) is 5. The molecule has 5 aromatic rings. The van der Waals surface area contributed by atoms with Crippen LogP contribution in [0.5, 0.6) is 11.5 Å². The first-order valence-corrected chi connectivity index (χ1v) is 27.9. The van der Waals surface area contributed by atoms with Crippen LogP contribution in [0.15, 0.2) is 83.9 Å². The number of aromatic nitrogens is 3. The van der Waals surface area contributed by atoms with E-state index in [0.29, 0.717) is 76.0 Å². The summed E-state index contributed by atoms with van der Waals surface area (Å²) in [6.45, 7) is 12.2. The van der Waals surface area contributed by atoms with Crippen molar-refractivity contribution in [3.63, 3.8) is 0 Å². The Bertz CT molecular complexity index is 2830. The molecule has 3 aliphatic rings. The van der Waals surface area contributed by atoms with Crippen LogP contribution in [0, 0.1) is 5.92 Å². The molecule has 2 aromatic carbocycles. The molecule has 0 spiro atoms. The van der Waals surface area contributed by atoms with Gasteiger partial charge in [-0.2, -0.15) is 0 Å². The van der Waals surface area contributed by atoms with Gasteiger partial charge in [0.2, 0.25) is 11.8 Å². The van der Waals surface area contributed by atoms with E-state index in [9.17, 15) is 24.0 Å². The molecule has 19 heteroatoms. The number of amides is 4. The minimum atomic E-state index is -0.677. The minimum Gasteiger partial charge on any atom is -0.497 e. The molecule has 5 heterocycles. The summed E-state index contributed by atoms with van der Waals surface area (Å²) in [6, 6.07) is 20.1. The van der Waals surface area contributed by atoms with Crippen LogP contribution in [0.1, 0.15) is 108 Å². The number of piperazine rings is 1. The van der Waals surface area contributed by atoms with Gasteiger partial charge in [-0.1, -0.05) is 44.4 Å². The van der Waals surface area contributed by atoms with Gasteiger partial charge in [-0.25, -0.2) is 4.98 Å². The van der Waals surface area contributed by atoms with Crippen LogP contribution in [0.2, 0.25) is 0 Å². The van der Waals surface area contributed by atoms with Crippen molar-refractivity contribution in [3.05, 3.63) is 123 Å². The lowest BCUT2D eigenvalue weighted by Crippen LogP contribution is -2.52. The first-order valence-electron chi connectivity index (χ1n) is 27.9. The molecule has 0 bridgehead atoms. The Labute approximate surface area is 457 Å². The van der Waals surface area contributed by atoms with Gasteiger partial charge in [0.1, 0.15) is 23.2 Å². The third-order valence-corrected chi connectivity index (χ3v) is 15.0. The second-order valence-corrected chi connectivity index (χ2v) is 20.4. The summed E-state index contributed by atoms with van der Waals surface area (Å²) >= 11 is 0. The summed E-state index contributed by atoms with van der Waals surface area (Å²) < 4.78 is 22.6. The van der Waals surface area contributed by atoms with E-state index >= 15 is 0 Å². The van der Waals surface area contributed by atoms with Crippen molar-refractivity contribution >= 4 is 40.3 Å². The zero-order valence-corrected chi connectivity index (χ0v) is 45.6. The number of methoxy groups -OCH3 is 1. The predicted molar refractivity (Wildman–Crippen MR) is 299 cm³/mol. The quantitative estimate of drug-likeness (QED) is 0.0440. The van der Waals surface area contributed by atoms with Crippen molar-refractivity contribution in [2.45, 2.75) is 90.3 Å². The second kappa shape index (κ2) is 29.2. The molecule has 2 saturated heterocycles. The number of carbonyl (C=O) groups is 4. The number of fused-ring (bicyclic) bond motifs is 1. The third-order valence-electron chi connectivity index (χ3n) is 15.0. The van der Waals surface area contributed by atoms with E-state index in [1.54, 1.807) is 25.4 Å². The zero-order valence-electron chi connectivity index (χ0n) is 45.6. The summed E-state index contributed by atoms with van der Waals surface area (Å²) in [5.41, 5.74) is 7.01. The molecule has 1 aliphatic carbocycles. The molecular formula is C59H78N10O9. The Morgan fingerprint density at radius 1 is 0.782 bits per heavy atom. The molecule has 1 unspecified atom stereocenters. The van der Waals surface area contributed by atoms with Gasteiger partial charge in [-0.3, -0.25) is 33.9 Å². The average Bonchev–Trinajstić information content (AvgIpc) is 3.53. The van der Waals surface area contributed by atoms with E-state index in [0.717, 1.165) is 122 Å². The van der Waals surface area contributed by atoms with Gasteiger partial charge in [-0.05, 0) is 98.5 Å². The maximum atomic E-state index is 13.9. The molecule has 78 heavy (non-hydrogen) atoms. The number of anilines is 1. The van der Waals surface area contributed by atoms with E-state index in [1.807, 2.05) is 79.5 Å². The zero-order chi connectivity index (χ0) is 54.6. The van der Waals surface area contributed by atoms with Gasteiger partial charge in [0.25, 0.3) is 17.4 Å². The van der Waals surface area contributed by atoms with Gasteiger partial charge in [-0.15, -0.1) is 0 Å². The highest BCUT2D eigenvalue weighted by molar-refractivity contribution is 5.98. The molecule has 3 aromatic heterocycles. The van der Waals surface area contributed by atoms with E-state index in [-0.39, 0.29) is 60.7 Å². The fourth-order valence-corrected chi connectivity index (χ4v) is 10.7. The number of benzene rings is 2. The van der Waals surface area contributed by atoms with E-state index in [1.165, 1.54) is 0 Å². The first kappa shape index (κ1) is 57.3. The lowest BCUT2D eigenvalue weighted by Gasteiger charge is -2.36. The van der Waals surface area contributed by atoms with Crippen LogP contribution in [0.25, 0.3) is 11.0 Å². The number of aromatic amines is 1. The van der Waals surface area contributed by atoms with E-state index < -0.39 is 6.04 Å².